The summed E-state index contributed by atoms with van der Waals surface area (Å²) in [5.41, 5.74) is 0. The minimum absolute atomic E-state index is 0.134. The number of unbranched alkanes of at least 4 members (excludes halogenated alkanes) is 2. The van der Waals surface area contributed by atoms with Crippen molar-refractivity contribution in [1.29, 1.82) is 0 Å². The first kappa shape index (κ1) is 18.4. The summed E-state index contributed by atoms with van der Waals surface area (Å²) in [6, 6.07) is 0.237. The zero-order valence-electron chi connectivity index (χ0n) is 13.4. The number of nitrogens with one attached hydrogen (secondary N) is 1. The summed E-state index contributed by atoms with van der Waals surface area (Å²) in [5.74, 6) is -0.134. The van der Waals surface area contributed by atoms with E-state index in [1.54, 1.807) is 0 Å². The summed E-state index contributed by atoms with van der Waals surface area (Å²) in [7, 11) is 0. The molecule has 0 radical (unpaired) electrons. The Morgan fingerprint density at radius 2 is 1.89 bits per heavy atom. The molecular weight excluding hydrogens is 240 g/mol. The fourth-order valence-corrected chi connectivity index (χ4v) is 2.07. The highest BCUT2D eigenvalue weighted by molar-refractivity contribution is 5.76. The van der Waals surface area contributed by atoms with Crippen LogP contribution in [0.5, 0.6) is 0 Å². The van der Waals surface area contributed by atoms with Crippen molar-refractivity contribution in [3.8, 4) is 0 Å². The fraction of sp³-hybridized carbons (Fsp3) is 0.933. The van der Waals surface area contributed by atoms with Crippen molar-refractivity contribution < 1.29 is 9.53 Å². The third-order valence-electron chi connectivity index (χ3n) is 3.22. The maximum Gasteiger partial charge on any atom is 0.324 e. The van der Waals surface area contributed by atoms with E-state index in [0.29, 0.717) is 12.6 Å². The highest BCUT2D eigenvalue weighted by Crippen LogP contribution is 2.05. The van der Waals surface area contributed by atoms with Crippen molar-refractivity contribution in [3.05, 3.63) is 0 Å². The second-order valence-corrected chi connectivity index (χ2v) is 5.16. The van der Waals surface area contributed by atoms with E-state index in [-0.39, 0.29) is 12.0 Å². The molecule has 114 valence electrons. The lowest BCUT2D eigenvalue weighted by Crippen LogP contribution is -2.49. The molecule has 0 aliphatic heterocycles. The molecule has 1 unspecified atom stereocenters. The Bertz CT molecular complexity index is 232. The number of nitrogens with zero attached hydrogens (tertiary/aromatic N) is 1. The zero-order valence-corrected chi connectivity index (χ0v) is 13.4. The van der Waals surface area contributed by atoms with Gasteiger partial charge in [-0.25, -0.2) is 0 Å². The molecule has 0 spiro atoms. The quantitative estimate of drug-likeness (QED) is 0.463. The Balaban J connectivity index is 4.42. The summed E-state index contributed by atoms with van der Waals surface area (Å²) in [6.07, 6.45) is 3.66. The van der Waals surface area contributed by atoms with Crippen molar-refractivity contribution in [3.63, 3.8) is 0 Å². The largest absolute Gasteiger partial charge is 0.465 e. The molecule has 0 saturated heterocycles. The van der Waals surface area contributed by atoms with Crippen molar-refractivity contribution in [2.45, 2.75) is 66.0 Å². The smallest absolute Gasteiger partial charge is 0.324 e. The number of rotatable bonds is 11. The maximum atomic E-state index is 11.9. The highest BCUT2D eigenvalue weighted by atomic mass is 16.5. The molecule has 0 heterocycles. The van der Waals surface area contributed by atoms with Gasteiger partial charge >= 0.3 is 5.97 Å². The van der Waals surface area contributed by atoms with Gasteiger partial charge in [-0.05, 0) is 40.3 Å². The van der Waals surface area contributed by atoms with Crippen LogP contribution in [0.3, 0.4) is 0 Å². The van der Waals surface area contributed by atoms with E-state index in [9.17, 15) is 4.79 Å². The first-order valence-electron chi connectivity index (χ1n) is 7.70. The number of esters is 1. The van der Waals surface area contributed by atoms with Crippen LogP contribution in [0.15, 0.2) is 0 Å². The number of carbonyl (C=O) groups excluding carboxylic acids is 1. The molecule has 0 aliphatic carbocycles. The SMILES string of the molecule is CCCCCN(CC(NCC)C(=O)OCC)C(C)C. The normalized spacial score (nSPS) is 13.0. The van der Waals surface area contributed by atoms with E-state index < -0.39 is 0 Å². The van der Waals surface area contributed by atoms with Gasteiger partial charge in [-0.3, -0.25) is 9.69 Å². The summed E-state index contributed by atoms with van der Waals surface area (Å²) in [6.45, 7) is 13.4. The predicted molar refractivity (Wildman–Crippen MR) is 80.3 cm³/mol. The third kappa shape index (κ3) is 8.22. The van der Waals surface area contributed by atoms with Gasteiger partial charge in [0, 0.05) is 12.6 Å². The van der Waals surface area contributed by atoms with Gasteiger partial charge in [0.25, 0.3) is 0 Å². The standard InChI is InChI=1S/C15H32N2O2/c1-6-9-10-11-17(13(4)5)12-14(16-7-2)15(18)19-8-3/h13-14,16H,6-12H2,1-5H3. The molecule has 0 fully saturated rings. The van der Waals surface area contributed by atoms with Gasteiger partial charge in [0.05, 0.1) is 6.61 Å². The Morgan fingerprint density at radius 3 is 2.37 bits per heavy atom. The average molecular weight is 272 g/mol. The van der Waals surface area contributed by atoms with Crippen LogP contribution in [0.2, 0.25) is 0 Å². The molecule has 0 aromatic rings. The van der Waals surface area contributed by atoms with Gasteiger partial charge in [0.1, 0.15) is 6.04 Å². The number of hydrogen-bond donors (Lipinski definition) is 1. The van der Waals surface area contributed by atoms with Crippen molar-refractivity contribution >= 4 is 5.97 Å². The van der Waals surface area contributed by atoms with Gasteiger partial charge in [-0.15, -0.1) is 0 Å². The van der Waals surface area contributed by atoms with Gasteiger partial charge < -0.3 is 10.1 Å². The van der Waals surface area contributed by atoms with Crippen LogP contribution in [-0.4, -0.2) is 49.2 Å². The summed E-state index contributed by atoms with van der Waals surface area (Å²) in [5, 5.41) is 3.23. The van der Waals surface area contributed by atoms with Gasteiger partial charge in [0.2, 0.25) is 0 Å². The second kappa shape index (κ2) is 11.2. The van der Waals surface area contributed by atoms with Crippen molar-refractivity contribution in [2.75, 3.05) is 26.2 Å². The number of hydrogen-bond acceptors (Lipinski definition) is 4. The van der Waals surface area contributed by atoms with Crippen LogP contribution in [0, 0.1) is 0 Å². The van der Waals surface area contributed by atoms with Crippen LogP contribution in [0.1, 0.15) is 53.9 Å². The van der Waals surface area contributed by atoms with E-state index in [0.717, 1.165) is 19.6 Å². The molecule has 1 N–H and O–H groups in total. The Hall–Kier alpha value is -0.610. The van der Waals surface area contributed by atoms with E-state index in [1.165, 1.54) is 19.3 Å². The molecule has 0 bridgehead atoms. The first-order valence-corrected chi connectivity index (χ1v) is 7.70. The molecule has 0 aromatic carbocycles. The lowest BCUT2D eigenvalue weighted by molar-refractivity contribution is -0.146. The Kier molecular flexibility index (Phi) is 10.9. The molecule has 0 aliphatic rings. The highest BCUT2D eigenvalue weighted by Gasteiger charge is 2.22. The zero-order chi connectivity index (χ0) is 14.7. The van der Waals surface area contributed by atoms with Crippen molar-refractivity contribution in [1.82, 2.24) is 10.2 Å². The molecular formula is C15H32N2O2. The van der Waals surface area contributed by atoms with Crippen LogP contribution in [0.25, 0.3) is 0 Å². The number of ether oxygens (including phenoxy) is 1. The lowest BCUT2D eigenvalue weighted by Gasteiger charge is -2.30. The monoisotopic (exact) mass is 272 g/mol. The van der Waals surface area contributed by atoms with E-state index in [1.807, 2.05) is 13.8 Å². The maximum absolute atomic E-state index is 11.9. The molecule has 0 saturated carbocycles. The second-order valence-electron chi connectivity index (χ2n) is 5.16. The minimum Gasteiger partial charge on any atom is -0.465 e. The lowest BCUT2D eigenvalue weighted by atomic mass is 10.2. The van der Waals surface area contributed by atoms with E-state index >= 15 is 0 Å². The molecule has 0 rings (SSSR count). The van der Waals surface area contributed by atoms with Gasteiger partial charge in [0.15, 0.2) is 0 Å². The number of likely N-dealkylation sites (N-methyl/N-ethyl adjacent to an activating group) is 1. The summed E-state index contributed by atoms with van der Waals surface area (Å²) in [4.78, 5) is 14.3. The van der Waals surface area contributed by atoms with Crippen LogP contribution in [0.4, 0.5) is 0 Å². The van der Waals surface area contributed by atoms with Crippen molar-refractivity contribution in [2.24, 2.45) is 0 Å². The van der Waals surface area contributed by atoms with Gasteiger partial charge in [-0.2, -0.15) is 0 Å². The van der Waals surface area contributed by atoms with Crippen LogP contribution < -0.4 is 5.32 Å². The molecule has 0 amide bonds. The minimum atomic E-state index is -0.214. The van der Waals surface area contributed by atoms with Crippen LogP contribution in [-0.2, 0) is 9.53 Å². The average Bonchev–Trinajstić information content (AvgIpc) is 2.36. The molecule has 1 atom stereocenters. The van der Waals surface area contributed by atoms with E-state index in [2.05, 4.69) is 31.0 Å². The molecule has 0 aromatic heterocycles. The number of carbonyl (C=O) groups is 1. The topological polar surface area (TPSA) is 41.6 Å². The predicted octanol–water partition coefficient (Wildman–Crippen LogP) is 2.43. The van der Waals surface area contributed by atoms with Gasteiger partial charge in [-0.1, -0.05) is 26.7 Å². The van der Waals surface area contributed by atoms with E-state index in [4.69, 9.17) is 4.74 Å². The molecule has 4 heteroatoms. The molecule has 19 heavy (non-hydrogen) atoms. The first-order chi connectivity index (χ1) is 9.06. The summed E-state index contributed by atoms with van der Waals surface area (Å²) >= 11 is 0. The van der Waals surface area contributed by atoms with Crippen LogP contribution >= 0.6 is 0 Å². The fourth-order valence-electron chi connectivity index (χ4n) is 2.07. The Morgan fingerprint density at radius 1 is 1.21 bits per heavy atom. The third-order valence-corrected chi connectivity index (χ3v) is 3.22. The summed E-state index contributed by atoms with van der Waals surface area (Å²) < 4.78 is 5.13. The Labute approximate surface area is 118 Å². The molecule has 4 nitrogen and oxygen atoms in total.